The minimum Gasteiger partial charge on any atom is -0.502 e. The van der Waals surface area contributed by atoms with Crippen molar-refractivity contribution in [1.29, 1.82) is 0 Å². The van der Waals surface area contributed by atoms with Crippen molar-refractivity contribution in [3.63, 3.8) is 0 Å². The maximum Gasteiger partial charge on any atom is 0.224 e. The highest BCUT2D eigenvalue weighted by molar-refractivity contribution is 6.15. The topological polar surface area (TPSA) is 113 Å². The normalized spacial score (nSPS) is 13.6. The van der Waals surface area contributed by atoms with Crippen molar-refractivity contribution in [2.24, 2.45) is 0 Å². The minimum absolute atomic E-state index is 0.130. The van der Waals surface area contributed by atoms with E-state index in [1.54, 1.807) is 12.3 Å². The van der Waals surface area contributed by atoms with Gasteiger partial charge in [0, 0.05) is 17.1 Å². The van der Waals surface area contributed by atoms with Crippen LogP contribution in [-0.2, 0) is 0 Å². The second kappa shape index (κ2) is 5.29. The Morgan fingerprint density at radius 1 is 1.00 bits per heavy atom. The first-order valence-corrected chi connectivity index (χ1v) is 8.74. The van der Waals surface area contributed by atoms with Gasteiger partial charge in [-0.05, 0) is 29.8 Å². The molecule has 0 saturated carbocycles. The summed E-state index contributed by atoms with van der Waals surface area (Å²) in [5.74, 6) is 0.927. The summed E-state index contributed by atoms with van der Waals surface area (Å²) in [4.78, 5) is 16.5. The highest BCUT2D eigenvalue weighted by Gasteiger charge is 2.22. The molecule has 28 heavy (non-hydrogen) atoms. The van der Waals surface area contributed by atoms with Crippen molar-refractivity contribution in [2.75, 3.05) is 13.2 Å². The number of hydrogen-bond acceptors (Lipinski definition) is 6. The van der Waals surface area contributed by atoms with Crippen LogP contribution < -0.4 is 14.9 Å². The van der Waals surface area contributed by atoms with Crippen molar-refractivity contribution in [3.05, 3.63) is 46.8 Å². The Kier molecular flexibility index (Phi) is 2.86. The average molecular weight is 375 g/mol. The standard InChI is InChI=1S/C20H13N3O5/c24-12-3-2-10-16-19(28-18(10)17(12)25)15(11-8-21-23-20(11)22-16)9-1-4-13-14(7-9)27-6-5-26-13/h1-4,7-8,25H,5-6H2,(H2,21,22,23). The Labute approximate surface area is 156 Å². The van der Waals surface area contributed by atoms with Crippen LogP contribution in [0.15, 0.2) is 45.7 Å². The molecule has 4 heterocycles. The molecule has 0 spiro atoms. The van der Waals surface area contributed by atoms with Gasteiger partial charge in [-0.1, -0.05) is 6.07 Å². The molecule has 0 saturated heterocycles. The second-order valence-corrected chi connectivity index (χ2v) is 6.59. The number of benzene rings is 2. The summed E-state index contributed by atoms with van der Waals surface area (Å²) in [6.45, 7) is 1.00. The average Bonchev–Trinajstić information content (AvgIpc) is 3.33. The number of H-pyrrole nitrogens is 2. The fraction of sp³-hybridized carbons (Fsp3) is 0.100. The number of phenols is 1. The number of aromatic nitrogens is 3. The Bertz CT molecular complexity index is 1460. The zero-order valence-electron chi connectivity index (χ0n) is 14.4. The molecule has 1 aliphatic rings. The van der Waals surface area contributed by atoms with E-state index in [-0.39, 0.29) is 5.58 Å². The van der Waals surface area contributed by atoms with Crippen LogP contribution in [0.4, 0.5) is 0 Å². The molecular formula is C20H13N3O5. The first-order chi connectivity index (χ1) is 13.7. The predicted molar refractivity (Wildman–Crippen MR) is 102 cm³/mol. The molecule has 0 fully saturated rings. The lowest BCUT2D eigenvalue weighted by atomic mass is 10.0. The molecule has 0 aliphatic carbocycles. The van der Waals surface area contributed by atoms with Gasteiger partial charge in [-0.3, -0.25) is 9.89 Å². The number of pyridine rings is 1. The fourth-order valence-corrected chi connectivity index (χ4v) is 3.71. The number of phenolic OH excluding ortho intramolecular Hbond substituents is 1. The number of aromatic hydroxyl groups is 1. The van der Waals surface area contributed by atoms with Gasteiger partial charge >= 0.3 is 0 Å². The quantitative estimate of drug-likeness (QED) is 0.414. The van der Waals surface area contributed by atoms with Gasteiger partial charge in [0.25, 0.3) is 0 Å². The molecule has 0 bridgehead atoms. The maximum absolute atomic E-state index is 11.8. The second-order valence-electron chi connectivity index (χ2n) is 6.59. The summed E-state index contributed by atoms with van der Waals surface area (Å²) in [5.41, 5.74) is 2.92. The smallest absolute Gasteiger partial charge is 0.224 e. The molecule has 138 valence electrons. The minimum atomic E-state index is -0.494. The third-order valence-electron chi connectivity index (χ3n) is 4.98. The monoisotopic (exact) mass is 375 g/mol. The SMILES string of the molecule is O=c1ccc2c(oc3c(-c4ccc5c(c4)OCCO5)c4c[nH][nH]c4nc32)c1O. The zero-order valence-corrected chi connectivity index (χ0v) is 14.4. The van der Waals surface area contributed by atoms with Crippen LogP contribution in [0, 0.1) is 0 Å². The van der Waals surface area contributed by atoms with E-state index in [1.807, 2.05) is 18.2 Å². The Hall–Kier alpha value is -3.94. The van der Waals surface area contributed by atoms with Crippen molar-refractivity contribution < 1.29 is 19.0 Å². The molecule has 8 nitrogen and oxygen atoms in total. The molecule has 0 radical (unpaired) electrons. The lowest BCUT2D eigenvalue weighted by Gasteiger charge is -2.19. The number of ether oxygens (including phenoxy) is 2. The number of furan rings is 1. The molecule has 3 N–H and O–H groups in total. The molecule has 8 heteroatoms. The predicted octanol–water partition coefficient (Wildman–Crippen LogP) is 3.29. The van der Waals surface area contributed by atoms with Crippen molar-refractivity contribution in [1.82, 2.24) is 15.2 Å². The van der Waals surface area contributed by atoms with Crippen molar-refractivity contribution >= 4 is 33.1 Å². The van der Waals surface area contributed by atoms with E-state index in [1.165, 1.54) is 6.07 Å². The van der Waals surface area contributed by atoms with Gasteiger partial charge in [0.1, 0.15) is 18.7 Å². The van der Waals surface area contributed by atoms with E-state index in [0.717, 1.165) is 16.5 Å². The van der Waals surface area contributed by atoms with Crippen LogP contribution in [0.3, 0.4) is 0 Å². The summed E-state index contributed by atoms with van der Waals surface area (Å²) in [7, 11) is 0. The number of aromatic amines is 2. The molecule has 0 amide bonds. The van der Waals surface area contributed by atoms with Crippen LogP contribution in [-0.4, -0.2) is 33.5 Å². The Morgan fingerprint density at radius 3 is 2.75 bits per heavy atom. The molecular weight excluding hydrogens is 362 g/mol. The number of nitrogens with zero attached hydrogens (tertiary/aromatic N) is 1. The first kappa shape index (κ1) is 15.2. The van der Waals surface area contributed by atoms with Gasteiger partial charge < -0.3 is 24.1 Å². The van der Waals surface area contributed by atoms with Crippen LogP contribution in [0.25, 0.3) is 44.2 Å². The molecule has 6 rings (SSSR count). The van der Waals surface area contributed by atoms with Crippen LogP contribution >= 0.6 is 0 Å². The Morgan fingerprint density at radius 2 is 1.86 bits per heavy atom. The van der Waals surface area contributed by atoms with E-state index in [2.05, 4.69) is 15.2 Å². The van der Waals surface area contributed by atoms with E-state index < -0.39 is 11.2 Å². The molecule has 2 aromatic carbocycles. The molecule has 1 aliphatic heterocycles. The summed E-state index contributed by atoms with van der Waals surface area (Å²) >= 11 is 0. The molecule has 0 atom stereocenters. The van der Waals surface area contributed by atoms with Crippen molar-refractivity contribution in [3.8, 4) is 28.4 Å². The third kappa shape index (κ3) is 1.94. The summed E-state index contributed by atoms with van der Waals surface area (Å²) < 4.78 is 17.3. The van der Waals surface area contributed by atoms with Gasteiger partial charge in [-0.15, -0.1) is 0 Å². The first-order valence-electron chi connectivity index (χ1n) is 8.74. The number of hydrogen-bond donors (Lipinski definition) is 3. The van der Waals surface area contributed by atoms with Crippen LogP contribution in [0.5, 0.6) is 17.2 Å². The van der Waals surface area contributed by atoms with Gasteiger partial charge in [-0.2, -0.15) is 0 Å². The van der Waals surface area contributed by atoms with Gasteiger partial charge in [0.15, 0.2) is 28.3 Å². The van der Waals surface area contributed by atoms with Crippen molar-refractivity contribution in [2.45, 2.75) is 0 Å². The fourth-order valence-electron chi connectivity index (χ4n) is 3.71. The van der Waals surface area contributed by atoms with E-state index in [0.29, 0.717) is 46.8 Å². The molecule has 5 aromatic rings. The highest BCUT2D eigenvalue weighted by Crippen LogP contribution is 2.42. The summed E-state index contributed by atoms with van der Waals surface area (Å²) in [6.07, 6.45) is 1.79. The van der Waals surface area contributed by atoms with Crippen LogP contribution in [0.1, 0.15) is 0 Å². The van der Waals surface area contributed by atoms with E-state index in [4.69, 9.17) is 13.9 Å². The van der Waals surface area contributed by atoms with E-state index >= 15 is 0 Å². The number of fused-ring (bicyclic) bond motifs is 5. The lowest BCUT2D eigenvalue weighted by molar-refractivity contribution is 0.171. The summed E-state index contributed by atoms with van der Waals surface area (Å²) in [6, 6.07) is 8.59. The highest BCUT2D eigenvalue weighted by atomic mass is 16.6. The zero-order chi connectivity index (χ0) is 18.8. The third-order valence-corrected chi connectivity index (χ3v) is 4.98. The van der Waals surface area contributed by atoms with E-state index in [9.17, 15) is 9.90 Å². The van der Waals surface area contributed by atoms with Gasteiger partial charge in [0.2, 0.25) is 11.2 Å². The summed E-state index contributed by atoms with van der Waals surface area (Å²) in [5, 5.41) is 17.5. The lowest BCUT2D eigenvalue weighted by Crippen LogP contribution is -2.15. The largest absolute Gasteiger partial charge is 0.502 e. The number of rotatable bonds is 1. The Balaban J connectivity index is 1.76. The molecule has 0 unspecified atom stereocenters. The number of nitrogens with one attached hydrogen (secondary N) is 2. The van der Waals surface area contributed by atoms with Crippen LogP contribution in [0.2, 0.25) is 0 Å². The van der Waals surface area contributed by atoms with Gasteiger partial charge in [-0.25, -0.2) is 4.98 Å². The maximum atomic E-state index is 11.8. The molecule has 3 aromatic heterocycles. The van der Waals surface area contributed by atoms with Gasteiger partial charge in [0.05, 0.1) is 5.39 Å².